The molecule has 1 heterocycles. The molecule has 0 aliphatic heterocycles. The summed E-state index contributed by atoms with van der Waals surface area (Å²) < 4.78 is 2.00. The van der Waals surface area contributed by atoms with E-state index in [4.69, 9.17) is 5.11 Å². The molecule has 0 bridgehead atoms. The molecule has 0 aliphatic carbocycles. The van der Waals surface area contributed by atoms with Gasteiger partial charge in [-0.25, -0.2) is 4.79 Å². The Kier molecular flexibility index (Phi) is 4.20. The second-order valence-electron chi connectivity index (χ2n) is 4.92. The van der Waals surface area contributed by atoms with Gasteiger partial charge in [-0.3, -0.25) is 4.68 Å². The third-order valence-electron chi connectivity index (χ3n) is 3.39. The predicted octanol–water partition coefficient (Wildman–Crippen LogP) is 3.88. The van der Waals surface area contributed by atoms with E-state index in [0.717, 1.165) is 36.6 Å². The van der Waals surface area contributed by atoms with Crippen molar-refractivity contribution in [1.82, 2.24) is 9.78 Å². The molecule has 2 rings (SSSR count). The van der Waals surface area contributed by atoms with Gasteiger partial charge < -0.3 is 5.11 Å². The van der Waals surface area contributed by atoms with E-state index in [-0.39, 0.29) is 0 Å². The molecular formula is C15H20N2O2. The quantitative estimate of drug-likeness (QED) is 0.857. The topological polar surface area (TPSA) is 55.1 Å². The van der Waals surface area contributed by atoms with Gasteiger partial charge in [0.1, 0.15) is 0 Å². The van der Waals surface area contributed by atoms with Gasteiger partial charge in [0.25, 0.3) is 0 Å². The van der Waals surface area contributed by atoms with Crippen LogP contribution in [0.15, 0.2) is 24.4 Å². The molecule has 0 spiro atoms. The van der Waals surface area contributed by atoms with Gasteiger partial charge in [-0.1, -0.05) is 26.7 Å². The fraction of sp³-hybridized carbons (Fsp3) is 0.467. The first kappa shape index (κ1) is 13.6. The van der Waals surface area contributed by atoms with Gasteiger partial charge >= 0.3 is 5.97 Å². The normalized spacial score (nSPS) is 11.3. The summed E-state index contributed by atoms with van der Waals surface area (Å²) >= 11 is 0. The van der Waals surface area contributed by atoms with Crippen LogP contribution < -0.4 is 0 Å². The van der Waals surface area contributed by atoms with Crippen LogP contribution in [-0.2, 0) is 0 Å². The van der Waals surface area contributed by atoms with E-state index in [2.05, 4.69) is 18.9 Å². The fourth-order valence-corrected chi connectivity index (χ4v) is 2.44. The molecule has 0 unspecified atom stereocenters. The molecular weight excluding hydrogens is 240 g/mol. The molecule has 0 fully saturated rings. The average Bonchev–Trinajstić information content (AvgIpc) is 2.80. The van der Waals surface area contributed by atoms with E-state index in [1.807, 2.05) is 10.9 Å². The molecule has 0 radical (unpaired) electrons. The summed E-state index contributed by atoms with van der Waals surface area (Å²) in [6.07, 6.45) is 6.43. The van der Waals surface area contributed by atoms with Crippen molar-refractivity contribution in [3.8, 4) is 0 Å². The van der Waals surface area contributed by atoms with Crippen molar-refractivity contribution in [2.24, 2.45) is 0 Å². The standard InChI is InChI=1S/C15H20N2O2/c1-3-5-13(6-4-2)17-10-12-9-11(15(18)19)7-8-14(12)16-17/h7-10,13H,3-6H2,1-2H3,(H,18,19). The monoisotopic (exact) mass is 260 g/mol. The third kappa shape index (κ3) is 2.95. The molecule has 102 valence electrons. The maximum atomic E-state index is 11.0. The van der Waals surface area contributed by atoms with Crippen molar-refractivity contribution in [2.75, 3.05) is 0 Å². The molecule has 1 aromatic carbocycles. The second-order valence-corrected chi connectivity index (χ2v) is 4.92. The number of aromatic carboxylic acids is 1. The Morgan fingerprint density at radius 3 is 2.58 bits per heavy atom. The summed E-state index contributed by atoms with van der Waals surface area (Å²) in [6, 6.07) is 5.49. The minimum Gasteiger partial charge on any atom is -0.478 e. The zero-order valence-electron chi connectivity index (χ0n) is 11.5. The number of hydrogen-bond acceptors (Lipinski definition) is 2. The highest BCUT2D eigenvalue weighted by atomic mass is 16.4. The first-order valence-corrected chi connectivity index (χ1v) is 6.88. The first-order valence-electron chi connectivity index (χ1n) is 6.88. The number of carboxylic acid groups (broad SMARTS) is 1. The summed E-state index contributed by atoms with van der Waals surface area (Å²) in [6.45, 7) is 4.35. The van der Waals surface area contributed by atoms with Crippen molar-refractivity contribution in [2.45, 2.75) is 45.6 Å². The smallest absolute Gasteiger partial charge is 0.335 e. The lowest BCUT2D eigenvalue weighted by Crippen LogP contribution is -2.09. The molecule has 2 aromatic rings. The molecule has 19 heavy (non-hydrogen) atoms. The summed E-state index contributed by atoms with van der Waals surface area (Å²) in [5.41, 5.74) is 1.18. The highest BCUT2D eigenvalue weighted by molar-refractivity contribution is 5.93. The number of benzene rings is 1. The Labute approximate surface area is 113 Å². The van der Waals surface area contributed by atoms with Crippen LogP contribution >= 0.6 is 0 Å². The minimum absolute atomic E-state index is 0.314. The maximum absolute atomic E-state index is 11.0. The van der Waals surface area contributed by atoms with Crippen LogP contribution in [-0.4, -0.2) is 20.9 Å². The van der Waals surface area contributed by atoms with Crippen LogP contribution in [0.3, 0.4) is 0 Å². The number of nitrogens with zero attached hydrogens (tertiary/aromatic N) is 2. The van der Waals surface area contributed by atoms with E-state index < -0.39 is 5.97 Å². The number of carboxylic acids is 1. The van der Waals surface area contributed by atoms with E-state index in [9.17, 15) is 4.79 Å². The van der Waals surface area contributed by atoms with Gasteiger partial charge in [0.15, 0.2) is 0 Å². The highest BCUT2D eigenvalue weighted by Gasteiger charge is 2.12. The lowest BCUT2D eigenvalue weighted by Gasteiger charge is -2.15. The number of hydrogen-bond donors (Lipinski definition) is 1. The molecule has 4 heteroatoms. The Morgan fingerprint density at radius 2 is 2.00 bits per heavy atom. The molecule has 0 saturated carbocycles. The van der Waals surface area contributed by atoms with Gasteiger partial charge in [-0.05, 0) is 31.0 Å². The van der Waals surface area contributed by atoms with E-state index in [0.29, 0.717) is 11.6 Å². The Morgan fingerprint density at radius 1 is 1.32 bits per heavy atom. The largest absolute Gasteiger partial charge is 0.478 e. The molecule has 0 amide bonds. The average molecular weight is 260 g/mol. The molecule has 0 atom stereocenters. The van der Waals surface area contributed by atoms with Crippen LogP contribution in [0.2, 0.25) is 0 Å². The first-order chi connectivity index (χ1) is 9.15. The van der Waals surface area contributed by atoms with Gasteiger partial charge in [0.2, 0.25) is 0 Å². The van der Waals surface area contributed by atoms with Crippen LogP contribution in [0.5, 0.6) is 0 Å². The van der Waals surface area contributed by atoms with Crippen molar-refractivity contribution in [3.63, 3.8) is 0 Å². The zero-order valence-corrected chi connectivity index (χ0v) is 11.5. The number of carbonyl (C=O) groups is 1. The summed E-state index contributed by atoms with van der Waals surface area (Å²) in [7, 11) is 0. The van der Waals surface area contributed by atoms with E-state index >= 15 is 0 Å². The number of rotatable bonds is 6. The van der Waals surface area contributed by atoms with Crippen molar-refractivity contribution >= 4 is 16.9 Å². The van der Waals surface area contributed by atoms with Gasteiger partial charge in [0.05, 0.1) is 17.1 Å². The lowest BCUT2D eigenvalue weighted by atomic mass is 10.1. The van der Waals surface area contributed by atoms with Gasteiger partial charge in [-0.15, -0.1) is 0 Å². The minimum atomic E-state index is -0.895. The number of fused-ring (bicyclic) bond motifs is 1. The van der Waals surface area contributed by atoms with Crippen LogP contribution in [0, 0.1) is 0 Å². The summed E-state index contributed by atoms with van der Waals surface area (Å²) in [5.74, 6) is -0.895. The SMILES string of the molecule is CCCC(CCC)n1cc2cc(C(=O)O)ccc2n1. The van der Waals surface area contributed by atoms with Crippen LogP contribution in [0.25, 0.3) is 10.9 Å². The van der Waals surface area contributed by atoms with Gasteiger partial charge in [-0.2, -0.15) is 5.10 Å². The summed E-state index contributed by atoms with van der Waals surface area (Å²) in [5, 5.41) is 14.5. The van der Waals surface area contributed by atoms with E-state index in [1.54, 1.807) is 18.2 Å². The zero-order chi connectivity index (χ0) is 13.8. The predicted molar refractivity (Wildman–Crippen MR) is 75.5 cm³/mol. The molecule has 1 N–H and O–H groups in total. The molecule has 4 nitrogen and oxygen atoms in total. The molecule has 1 aromatic heterocycles. The Bertz CT molecular complexity index is 569. The maximum Gasteiger partial charge on any atom is 0.335 e. The van der Waals surface area contributed by atoms with Crippen LogP contribution in [0.1, 0.15) is 55.9 Å². The molecule has 0 saturated heterocycles. The van der Waals surface area contributed by atoms with Crippen LogP contribution in [0.4, 0.5) is 0 Å². The summed E-state index contributed by atoms with van der Waals surface area (Å²) in [4.78, 5) is 11.0. The lowest BCUT2D eigenvalue weighted by molar-refractivity contribution is 0.0697. The third-order valence-corrected chi connectivity index (χ3v) is 3.39. The van der Waals surface area contributed by atoms with Crippen molar-refractivity contribution in [3.05, 3.63) is 30.0 Å². The number of aromatic nitrogens is 2. The highest BCUT2D eigenvalue weighted by Crippen LogP contribution is 2.23. The second kappa shape index (κ2) is 5.87. The van der Waals surface area contributed by atoms with Gasteiger partial charge in [0, 0.05) is 11.6 Å². The van der Waals surface area contributed by atoms with Crippen molar-refractivity contribution in [1.29, 1.82) is 0 Å². The Balaban J connectivity index is 2.36. The molecule has 0 aliphatic rings. The van der Waals surface area contributed by atoms with Crippen molar-refractivity contribution < 1.29 is 9.90 Å². The fourth-order valence-electron chi connectivity index (χ4n) is 2.44. The van der Waals surface area contributed by atoms with E-state index in [1.165, 1.54) is 0 Å². The Hall–Kier alpha value is -1.84.